The highest BCUT2D eigenvalue weighted by atomic mass is 35.5. The van der Waals surface area contributed by atoms with E-state index in [-0.39, 0.29) is 5.60 Å². The van der Waals surface area contributed by atoms with Crippen molar-refractivity contribution >= 4 is 11.6 Å². The van der Waals surface area contributed by atoms with Crippen molar-refractivity contribution in [1.82, 2.24) is 4.98 Å². The summed E-state index contributed by atoms with van der Waals surface area (Å²) in [7, 11) is 1.74. The number of ether oxygens (including phenoxy) is 1. The van der Waals surface area contributed by atoms with Crippen LogP contribution < -0.4 is 0 Å². The smallest absolute Gasteiger partial charge is 0.129 e. The van der Waals surface area contributed by atoms with Crippen LogP contribution in [0.3, 0.4) is 0 Å². The van der Waals surface area contributed by atoms with Gasteiger partial charge in [-0.1, -0.05) is 31.5 Å². The molecule has 0 bridgehead atoms. The van der Waals surface area contributed by atoms with Crippen LogP contribution in [-0.4, -0.2) is 12.1 Å². The molecule has 0 aliphatic rings. The predicted octanol–water partition coefficient (Wildman–Crippen LogP) is 3.40. The van der Waals surface area contributed by atoms with Gasteiger partial charge in [0.05, 0.1) is 5.60 Å². The Bertz CT molecular complexity index is 272. The zero-order valence-electron chi connectivity index (χ0n) is 8.88. The Kier molecular flexibility index (Phi) is 3.90. The molecule has 0 saturated heterocycles. The van der Waals surface area contributed by atoms with Crippen LogP contribution in [0.5, 0.6) is 0 Å². The number of halogens is 1. The molecule has 78 valence electrons. The minimum atomic E-state index is -0.211. The molecule has 1 heterocycles. The number of aromatic nitrogens is 1. The molecule has 0 amide bonds. The molecule has 0 N–H and O–H groups in total. The topological polar surface area (TPSA) is 22.1 Å². The van der Waals surface area contributed by atoms with Crippen LogP contribution in [0.2, 0.25) is 5.15 Å². The Hall–Kier alpha value is -0.600. The molecule has 1 aromatic rings. The summed E-state index contributed by atoms with van der Waals surface area (Å²) in [5.41, 5.74) is 0.881. The zero-order chi connectivity index (χ0) is 10.6. The minimum Gasteiger partial charge on any atom is -0.373 e. The van der Waals surface area contributed by atoms with E-state index in [1.165, 1.54) is 0 Å². The molecule has 0 saturated carbocycles. The number of hydrogen-bond donors (Lipinski definition) is 0. The molecule has 0 aliphatic heterocycles. The van der Waals surface area contributed by atoms with E-state index in [0.29, 0.717) is 5.15 Å². The highest BCUT2D eigenvalue weighted by Crippen LogP contribution is 2.31. The fraction of sp³-hybridized carbons (Fsp3) is 0.545. The van der Waals surface area contributed by atoms with Gasteiger partial charge < -0.3 is 4.74 Å². The van der Waals surface area contributed by atoms with Crippen LogP contribution in [0, 0.1) is 0 Å². The summed E-state index contributed by atoms with van der Waals surface area (Å²) in [6, 6.07) is 3.78. The first-order valence-electron chi connectivity index (χ1n) is 4.85. The molecule has 14 heavy (non-hydrogen) atoms. The van der Waals surface area contributed by atoms with E-state index < -0.39 is 0 Å². The first kappa shape index (κ1) is 11.5. The molecule has 0 spiro atoms. The largest absolute Gasteiger partial charge is 0.373 e. The molecule has 0 unspecified atom stereocenters. The van der Waals surface area contributed by atoms with Crippen LogP contribution in [-0.2, 0) is 10.3 Å². The standard InChI is InChI=1S/C11H16ClNO/c1-4-11(5-2,14-3)9-6-7-10(12)13-8-9/h6-8H,4-5H2,1-3H3. The van der Waals surface area contributed by atoms with Gasteiger partial charge in [-0.2, -0.15) is 0 Å². The Balaban J connectivity index is 3.05. The van der Waals surface area contributed by atoms with E-state index in [2.05, 4.69) is 18.8 Å². The van der Waals surface area contributed by atoms with Gasteiger partial charge in [-0.3, -0.25) is 0 Å². The van der Waals surface area contributed by atoms with Gasteiger partial charge in [-0.15, -0.1) is 0 Å². The Morgan fingerprint density at radius 1 is 1.36 bits per heavy atom. The van der Waals surface area contributed by atoms with Crippen LogP contribution in [0.25, 0.3) is 0 Å². The maximum absolute atomic E-state index is 5.74. The first-order chi connectivity index (χ1) is 6.68. The van der Waals surface area contributed by atoms with Crippen molar-refractivity contribution in [2.45, 2.75) is 32.3 Å². The van der Waals surface area contributed by atoms with E-state index in [0.717, 1.165) is 18.4 Å². The Labute approximate surface area is 90.3 Å². The third-order valence-corrected chi connectivity index (χ3v) is 3.01. The average molecular weight is 214 g/mol. The van der Waals surface area contributed by atoms with Crippen LogP contribution in [0.4, 0.5) is 0 Å². The second-order valence-corrected chi connectivity index (χ2v) is 3.66. The fourth-order valence-corrected chi connectivity index (χ4v) is 1.82. The lowest BCUT2D eigenvalue weighted by molar-refractivity contribution is -0.0220. The number of pyridine rings is 1. The third kappa shape index (κ3) is 2.07. The van der Waals surface area contributed by atoms with Gasteiger partial charge in [0.2, 0.25) is 0 Å². The Morgan fingerprint density at radius 2 is 2.00 bits per heavy atom. The highest BCUT2D eigenvalue weighted by Gasteiger charge is 2.27. The van der Waals surface area contributed by atoms with Crippen molar-refractivity contribution in [2.24, 2.45) is 0 Å². The van der Waals surface area contributed by atoms with Crippen molar-refractivity contribution in [2.75, 3.05) is 7.11 Å². The van der Waals surface area contributed by atoms with Crippen molar-refractivity contribution in [3.05, 3.63) is 29.0 Å². The summed E-state index contributed by atoms with van der Waals surface area (Å²) in [4.78, 5) is 4.07. The van der Waals surface area contributed by atoms with Crippen LogP contribution in [0.1, 0.15) is 32.3 Å². The second-order valence-electron chi connectivity index (χ2n) is 3.28. The SMILES string of the molecule is CCC(CC)(OC)c1ccc(Cl)nc1. The summed E-state index contributed by atoms with van der Waals surface area (Å²) in [6.45, 7) is 4.23. The van der Waals surface area contributed by atoms with E-state index in [1.54, 1.807) is 19.4 Å². The van der Waals surface area contributed by atoms with E-state index in [1.807, 2.05) is 6.07 Å². The van der Waals surface area contributed by atoms with E-state index in [9.17, 15) is 0 Å². The molecule has 0 aliphatic carbocycles. The minimum absolute atomic E-state index is 0.211. The summed E-state index contributed by atoms with van der Waals surface area (Å²) < 4.78 is 5.58. The lowest BCUT2D eigenvalue weighted by Gasteiger charge is -2.30. The number of methoxy groups -OCH3 is 1. The average Bonchev–Trinajstić information content (AvgIpc) is 2.24. The fourth-order valence-electron chi connectivity index (χ4n) is 1.71. The van der Waals surface area contributed by atoms with Gasteiger partial charge in [0, 0.05) is 18.9 Å². The molecule has 0 aromatic carbocycles. The van der Waals surface area contributed by atoms with Crippen LogP contribution in [0.15, 0.2) is 18.3 Å². The van der Waals surface area contributed by atoms with Crippen LogP contribution >= 0.6 is 11.6 Å². The Morgan fingerprint density at radius 3 is 2.36 bits per heavy atom. The molecule has 0 fully saturated rings. The summed E-state index contributed by atoms with van der Waals surface area (Å²) in [6.07, 6.45) is 3.66. The predicted molar refractivity (Wildman–Crippen MR) is 58.5 cm³/mol. The quantitative estimate of drug-likeness (QED) is 0.716. The van der Waals surface area contributed by atoms with Gasteiger partial charge in [0.25, 0.3) is 0 Å². The zero-order valence-corrected chi connectivity index (χ0v) is 9.64. The molecular weight excluding hydrogens is 198 g/mol. The summed E-state index contributed by atoms with van der Waals surface area (Å²) in [5.74, 6) is 0. The molecule has 2 nitrogen and oxygen atoms in total. The van der Waals surface area contributed by atoms with Gasteiger partial charge in [-0.25, -0.2) is 4.98 Å². The van der Waals surface area contributed by atoms with Crippen molar-refractivity contribution in [3.8, 4) is 0 Å². The first-order valence-corrected chi connectivity index (χ1v) is 5.23. The van der Waals surface area contributed by atoms with E-state index >= 15 is 0 Å². The summed E-state index contributed by atoms with van der Waals surface area (Å²) >= 11 is 5.74. The number of rotatable bonds is 4. The van der Waals surface area contributed by atoms with Crippen molar-refractivity contribution < 1.29 is 4.74 Å². The molecule has 1 rings (SSSR count). The van der Waals surface area contributed by atoms with Gasteiger partial charge in [-0.05, 0) is 18.9 Å². The third-order valence-electron chi connectivity index (χ3n) is 2.79. The molecule has 0 radical (unpaired) electrons. The lowest BCUT2D eigenvalue weighted by Crippen LogP contribution is -2.26. The maximum Gasteiger partial charge on any atom is 0.129 e. The molecule has 3 heteroatoms. The van der Waals surface area contributed by atoms with Gasteiger partial charge in [0.1, 0.15) is 5.15 Å². The molecule has 1 aromatic heterocycles. The number of nitrogens with zero attached hydrogens (tertiary/aromatic N) is 1. The second kappa shape index (κ2) is 4.76. The highest BCUT2D eigenvalue weighted by molar-refractivity contribution is 6.29. The number of hydrogen-bond acceptors (Lipinski definition) is 2. The lowest BCUT2D eigenvalue weighted by atomic mass is 9.89. The molecule has 0 atom stereocenters. The van der Waals surface area contributed by atoms with E-state index in [4.69, 9.17) is 16.3 Å². The van der Waals surface area contributed by atoms with Gasteiger partial charge >= 0.3 is 0 Å². The van der Waals surface area contributed by atoms with Gasteiger partial charge in [0.15, 0.2) is 0 Å². The molecular formula is C11H16ClNO. The normalized spacial score (nSPS) is 11.7. The maximum atomic E-state index is 5.74. The summed E-state index contributed by atoms with van der Waals surface area (Å²) in [5, 5.41) is 0.519. The van der Waals surface area contributed by atoms with Crippen molar-refractivity contribution in [3.63, 3.8) is 0 Å². The monoisotopic (exact) mass is 213 g/mol. The van der Waals surface area contributed by atoms with Crippen molar-refractivity contribution in [1.29, 1.82) is 0 Å².